The molecular weight excluding hydrogens is 242 g/mol. The van der Waals surface area contributed by atoms with Crippen molar-refractivity contribution in [2.24, 2.45) is 5.92 Å². The van der Waals surface area contributed by atoms with E-state index in [-0.39, 0.29) is 0 Å². The summed E-state index contributed by atoms with van der Waals surface area (Å²) in [7, 11) is 1.58. The van der Waals surface area contributed by atoms with Crippen LogP contribution in [0.5, 0.6) is 6.01 Å². The lowest BCUT2D eigenvalue weighted by molar-refractivity contribution is 0.366. The van der Waals surface area contributed by atoms with Crippen molar-refractivity contribution in [3.8, 4) is 6.01 Å². The van der Waals surface area contributed by atoms with E-state index in [2.05, 4.69) is 39.0 Å². The van der Waals surface area contributed by atoms with Crippen LogP contribution in [0.1, 0.15) is 33.6 Å². The van der Waals surface area contributed by atoms with Crippen molar-refractivity contribution in [2.75, 3.05) is 30.4 Å². The number of aromatic nitrogens is 3. The molecule has 2 heterocycles. The van der Waals surface area contributed by atoms with Gasteiger partial charge in [-0.25, -0.2) is 0 Å². The molecule has 1 N–H and O–H groups in total. The Morgan fingerprint density at radius 2 is 2.05 bits per heavy atom. The van der Waals surface area contributed by atoms with Gasteiger partial charge in [0, 0.05) is 19.1 Å². The van der Waals surface area contributed by atoms with Gasteiger partial charge in [-0.1, -0.05) is 6.92 Å². The molecule has 1 aromatic heterocycles. The number of piperidine rings is 1. The van der Waals surface area contributed by atoms with Crippen molar-refractivity contribution in [2.45, 2.75) is 39.7 Å². The van der Waals surface area contributed by atoms with Crippen LogP contribution in [0.3, 0.4) is 0 Å². The van der Waals surface area contributed by atoms with Gasteiger partial charge in [0.05, 0.1) is 7.11 Å². The smallest absolute Gasteiger partial charge is 0.322 e. The van der Waals surface area contributed by atoms with Gasteiger partial charge in [0.2, 0.25) is 11.9 Å². The van der Waals surface area contributed by atoms with E-state index in [1.807, 2.05) is 6.92 Å². The fourth-order valence-corrected chi connectivity index (χ4v) is 2.37. The second-order valence-electron chi connectivity index (χ2n) is 5.16. The molecule has 6 heteroatoms. The van der Waals surface area contributed by atoms with Crippen molar-refractivity contribution in [1.29, 1.82) is 0 Å². The van der Waals surface area contributed by atoms with Gasteiger partial charge in [-0.15, -0.1) is 0 Å². The van der Waals surface area contributed by atoms with Crippen molar-refractivity contribution in [3.63, 3.8) is 0 Å². The number of nitrogens with zero attached hydrogens (tertiary/aromatic N) is 4. The fraction of sp³-hybridized carbons (Fsp3) is 0.769. The zero-order chi connectivity index (χ0) is 13.8. The minimum absolute atomic E-state index is 0.367. The van der Waals surface area contributed by atoms with Crippen molar-refractivity contribution >= 4 is 11.9 Å². The molecule has 0 spiro atoms. The highest BCUT2D eigenvalue weighted by atomic mass is 16.5. The van der Waals surface area contributed by atoms with Gasteiger partial charge in [-0.2, -0.15) is 15.0 Å². The minimum atomic E-state index is 0.367. The number of anilines is 2. The first-order valence-electron chi connectivity index (χ1n) is 6.94. The van der Waals surface area contributed by atoms with Crippen molar-refractivity contribution < 1.29 is 4.74 Å². The summed E-state index contributed by atoms with van der Waals surface area (Å²) in [6.45, 7) is 8.26. The Bertz CT molecular complexity index is 425. The van der Waals surface area contributed by atoms with E-state index in [0.717, 1.165) is 13.1 Å². The van der Waals surface area contributed by atoms with Crippen molar-refractivity contribution in [3.05, 3.63) is 0 Å². The summed E-state index contributed by atoms with van der Waals surface area (Å²) in [6, 6.07) is 0.823. The average molecular weight is 265 g/mol. The summed E-state index contributed by atoms with van der Waals surface area (Å²) in [5.41, 5.74) is 0. The minimum Gasteiger partial charge on any atom is -0.467 e. The molecule has 0 bridgehead atoms. The summed E-state index contributed by atoms with van der Waals surface area (Å²) < 4.78 is 5.17. The van der Waals surface area contributed by atoms with Crippen LogP contribution in [-0.4, -0.2) is 41.2 Å². The molecule has 1 aliphatic heterocycles. The molecule has 0 amide bonds. The third kappa shape index (κ3) is 3.24. The maximum atomic E-state index is 5.17. The predicted molar refractivity (Wildman–Crippen MR) is 75.7 cm³/mol. The molecule has 1 saturated heterocycles. The first kappa shape index (κ1) is 13.8. The number of methoxy groups -OCH3 is 1. The Balaban J connectivity index is 2.28. The topological polar surface area (TPSA) is 63.2 Å². The monoisotopic (exact) mass is 265 g/mol. The van der Waals surface area contributed by atoms with Crippen LogP contribution in [0.15, 0.2) is 0 Å². The van der Waals surface area contributed by atoms with Crippen LogP contribution in [0, 0.1) is 5.92 Å². The van der Waals surface area contributed by atoms with Crippen molar-refractivity contribution in [1.82, 2.24) is 15.0 Å². The van der Waals surface area contributed by atoms with Crippen LogP contribution in [0.25, 0.3) is 0 Å². The quantitative estimate of drug-likeness (QED) is 0.897. The molecule has 2 rings (SSSR count). The molecule has 0 aliphatic carbocycles. The molecule has 19 heavy (non-hydrogen) atoms. The highest BCUT2D eigenvalue weighted by Crippen LogP contribution is 2.26. The summed E-state index contributed by atoms with van der Waals surface area (Å²) in [4.78, 5) is 15.3. The number of hydrogen-bond donors (Lipinski definition) is 1. The third-order valence-electron chi connectivity index (χ3n) is 3.50. The zero-order valence-corrected chi connectivity index (χ0v) is 12.2. The summed E-state index contributed by atoms with van der Waals surface area (Å²) in [6.07, 6.45) is 2.44. The summed E-state index contributed by atoms with van der Waals surface area (Å²) in [5.74, 6) is 1.96. The summed E-state index contributed by atoms with van der Waals surface area (Å²) >= 11 is 0. The van der Waals surface area contributed by atoms with Crippen LogP contribution < -0.4 is 15.0 Å². The number of rotatable bonds is 4. The largest absolute Gasteiger partial charge is 0.467 e. The molecule has 0 aromatic carbocycles. The Morgan fingerprint density at radius 1 is 1.26 bits per heavy atom. The van der Waals surface area contributed by atoms with Gasteiger partial charge in [-0.05, 0) is 32.6 Å². The SMILES string of the molecule is CCNc1nc(OC)nc(N2CC(C)CCC2C)n1. The van der Waals surface area contributed by atoms with E-state index in [0.29, 0.717) is 29.9 Å². The second kappa shape index (κ2) is 6.04. The highest BCUT2D eigenvalue weighted by molar-refractivity contribution is 5.39. The van der Waals surface area contributed by atoms with Crippen LogP contribution >= 0.6 is 0 Å². The first-order valence-corrected chi connectivity index (χ1v) is 6.94. The lowest BCUT2D eigenvalue weighted by Crippen LogP contribution is -2.42. The van der Waals surface area contributed by atoms with E-state index in [9.17, 15) is 0 Å². The molecule has 106 valence electrons. The standard InChI is InChI=1S/C13H23N5O/c1-5-14-11-15-12(17-13(16-11)19-4)18-8-9(2)6-7-10(18)3/h9-10H,5-8H2,1-4H3,(H,14,15,16,17). The van der Waals surface area contributed by atoms with E-state index in [1.54, 1.807) is 7.11 Å². The van der Waals surface area contributed by atoms with Gasteiger partial charge in [0.25, 0.3) is 0 Å². The first-order chi connectivity index (χ1) is 9.13. The maximum absolute atomic E-state index is 5.17. The normalized spacial score (nSPS) is 23.3. The number of nitrogens with one attached hydrogen (secondary N) is 1. The Labute approximate surface area is 114 Å². The Hall–Kier alpha value is -1.59. The van der Waals surface area contributed by atoms with Crippen LogP contribution in [0.2, 0.25) is 0 Å². The van der Waals surface area contributed by atoms with Gasteiger partial charge in [-0.3, -0.25) is 0 Å². The van der Waals surface area contributed by atoms with E-state index >= 15 is 0 Å². The van der Waals surface area contributed by atoms with Gasteiger partial charge < -0.3 is 15.0 Å². The Kier molecular flexibility index (Phi) is 4.39. The van der Waals surface area contributed by atoms with Gasteiger partial charge in [0.15, 0.2) is 0 Å². The molecule has 1 aromatic rings. The molecular formula is C13H23N5O. The Morgan fingerprint density at radius 3 is 2.74 bits per heavy atom. The molecule has 0 radical (unpaired) electrons. The van der Waals surface area contributed by atoms with Gasteiger partial charge >= 0.3 is 6.01 Å². The van der Waals surface area contributed by atoms with E-state index < -0.39 is 0 Å². The molecule has 2 atom stereocenters. The number of hydrogen-bond acceptors (Lipinski definition) is 6. The second-order valence-corrected chi connectivity index (χ2v) is 5.16. The van der Waals surface area contributed by atoms with E-state index in [4.69, 9.17) is 4.74 Å². The lowest BCUT2D eigenvalue weighted by atomic mass is 9.95. The van der Waals surface area contributed by atoms with Gasteiger partial charge in [0.1, 0.15) is 0 Å². The zero-order valence-electron chi connectivity index (χ0n) is 12.2. The lowest BCUT2D eigenvalue weighted by Gasteiger charge is -2.36. The molecule has 1 aliphatic rings. The highest BCUT2D eigenvalue weighted by Gasteiger charge is 2.26. The molecule has 6 nitrogen and oxygen atoms in total. The van der Waals surface area contributed by atoms with E-state index in [1.165, 1.54) is 12.8 Å². The molecule has 2 unspecified atom stereocenters. The predicted octanol–water partition coefficient (Wildman–Crippen LogP) is 1.94. The molecule has 1 fully saturated rings. The molecule has 0 saturated carbocycles. The average Bonchev–Trinajstić information content (AvgIpc) is 2.41. The third-order valence-corrected chi connectivity index (χ3v) is 3.50. The summed E-state index contributed by atoms with van der Waals surface area (Å²) in [5, 5.41) is 3.12. The fourth-order valence-electron chi connectivity index (χ4n) is 2.37. The van der Waals surface area contributed by atoms with Crippen LogP contribution in [-0.2, 0) is 0 Å². The van der Waals surface area contributed by atoms with Crippen LogP contribution in [0.4, 0.5) is 11.9 Å². The number of ether oxygens (including phenoxy) is 1. The maximum Gasteiger partial charge on any atom is 0.322 e.